The Hall–Kier alpha value is -1.61. The minimum atomic E-state index is -1.09. The summed E-state index contributed by atoms with van der Waals surface area (Å²) in [5, 5.41) is 12.4. The van der Waals surface area contributed by atoms with Crippen LogP contribution in [0, 0.1) is 0 Å². The van der Waals surface area contributed by atoms with Crippen molar-refractivity contribution in [2.24, 2.45) is 0 Å². The van der Waals surface area contributed by atoms with Crippen LogP contribution in [0.15, 0.2) is 24.3 Å². The van der Waals surface area contributed by atoms with Gasteiger partial charge in [0.05, 0.1) is 19.6 Å². The van der Waals surface area contributed by atoms with Crippen molar-refractivity contribution in [1.82, 2.24) is 5.32 Å². The van der Waals surface area contributed by atoms with Crippen molar-refractivity contribution < 1.29 is 28.4 Å². The Balaban J connectivity index is 2.55. The molecule has 8 heteroatoms. The van der Waals surface area contributed by atoms with Gasteiger partial charge in [-0.05, 0) is 43.1 Å². The lowest BCUT2D eigenvalue weighted by Crippen LogP contribution is -2.42. The van der Waals surface area contributed by atoms with Gasteiger partial charge in [0.1, 0.15) is 5.75 Å². The van der Waals surface area contributed by atoms with Gasteiger partial charge in [0.15, 0.2) is 6.29 Å². The molecule has 0 heterocycles. The highest BCUT2D eigenvalue weighted by Crippen LogP contribution is 2.15. The maximum atomic E-state index is 11.6. The summed E-state index contributed by atoms with van der Waals surface area (Å²) < 4.78 is 15.1. The number of aliphatic hydroxyl groups excluding tert-OH is 1. The smallest absolute Gasteiger partial charge is 0.312 e. The molecule has 134 valence electrons. The van der Waals surface area contributed by atoms with E-state index in [1.807, 2.05) is 0 Å². The molecule has 7 nitrogen and oxygen atoms in total. The molecule has 0 radical (unpaired) electrons. The molecule has 2 atom stereocenters. The summed E-state index contributed by atoms with van der Waals surface area (Å²) in [6, 6.07) is 6.32. The van der Waals surface area contributed by atoms with Crippen LogP contribution >= 0.6 is 12.0 Å². The molecular weight excluding hydrogens is 334 g/mol. The van der Waals surface area contributed by atoms with E-state index >= 15 is 0 Å². The van der Waals surface area contributed by atoms with E-state index in [4.69, 9.17) is 13.7 Å². The molecule has 0 saturated heterocycles. The van der Waals surface area contributed by atoms with Gasteiger partial charge in [-0.15, -0.1) is 0 Å². The lowest BCUT2D eigenvalue weighted by atomic mass is 10.1. The van der Waals surface area contributed by atoms with Gasteiger partial charge in [0.2, 0.25) is 6.41 Å². The number of carbonyl (C=O) groups is 2. The summed E-state index contributed by atoms with van der Waals surface area (Å²) in [6.45, 7) is 2.10. The number of hydrogen-bond acceptors (Lipinski definition) is 7. The molecule has 2 unspecified atom stereocenters. The van der Waals surface area contributed by atoms with Crippen LogP contribution in [-0.4, -0.2) is 49.3 Å². The lowest BCUT2D eigenvalue weighted by molar-refractivity contribution is -0.133. The monoisotopic (exact) mass is 357 g/mol. The van der Waals surface area contributed by atoms with Gasteiger partial charge in [0, 0.05) is 12.4 Å². The molecule has 1 rings (SSSR count). The predicted octanol–water partition coefficient (Wildman–Crippen LogP) is 1.29. The fourth-order valence-corrected chi connectivity index (χ4v) is 2.37. The molecule has 24 heavy (non-hydrogen) atoms. The summed E-state index contributed by atoms with van der Waals surface area (Å²) in [6.07, 6.45) is 0.0854. The first kappa shape index (κ1) is 20.4. The first-order valence-electron chi connectivity index (χ1n) is 7.55. The van der Waals surface area contributed by atoms with Crippen molar-refractivity contribution in [2.75, 3.05) is 19.5 Å². The number of ether oxygens (including phenoxy) is 2. The molecule has 0 aromatic heterocycles. The maximum absolute atomic E-state index is 11.6. The number of aliphatic hydroxyl groups is 1. The number of nitrogens with one attached hydrogen (secondary N) is 1. The topological polar surface area (TPSA) is 94.1 Å². The van der Waals surface area contributed by atoms with Crippen LogP contribution in [0.5, 0.6) is 5.75 Å². The van der Waals surface area contributed by atoms with Crippen molar-refractivity contribution in [3.63, 3.8) is 0 Å². The van der Waals surface area contributed by atoms with Crippen LogP contribution in [0.3, 0.4) is 0 Å². The SMILES string of the molecule is CCOC(O)C(Cc1ccc(OC(=O)CCSOC)cc1)NC=O. The number of rotatable bonds is 12. The van der Waals surface area contributed by atoms with E-state index in [1.165, 1.54) is 12.0 Å². The molecule has 0 spiro atoms. The first-order valence-corrected chi connectivity index (χ1v) is 8.46. The molecule has 0 saturated carbocycles. The Morgan fingerprint density at radius 3 is 2.67 bits per heavy atom. The van der Waals surface area contributed by atoms with Crippen LogP contribution in [0.4, 0.5) is 0 Å². The van der Waals surface area contributed by atoms with Gasteiger partial charge in [-0.3, -0.25) is 9.59 Å². The molecule has 1 amide bonds. The third-order valence-electron chi connectivity index (χ3n) is 3.08. The van der Waals surface area contributed by atoms with Crippen LogP contribution in [-0.2, 0) is 24.9 Å². The number of amides is 1. The number of hydrogen-bond donors (Lipinski definition) is 2. The van der Waals surface area contributed by atoms with E-state index in [-0.39, 0.29) is 12.4 Å². The van der Waals surface area contributed by atoms with E-state index < -0.39 is 12.3 Å². The van der Waals surface area contributed by atoms with Crippen molar-refractivity contribution in [3.8, 4) is 5.75 Å². The summed E-state index contributed by atoms with van der Waals surface area (Å²) in [7, 11) is 1.55. The average Bonchev–Trinajstić information content (AvgIpc) is 2.56. The Kier molecular flexibility index (Phi) is 10.1. The Labute approximate surface area is 145 Å². The van der Waals surface area contributed by atoms with Crippen LogP contribution in [0.25, 0.3) is 0 Å². The normalized spacial score (nSPS) is 13.1. The van der Waals surface area contributed by atoms with Gasteiger partial charge in [-0.2, -0.15) is 0 Å². The predicted molar refractivity (Wildman–Crippen MR) is 90.5 cm³/mol. The van der Waals surface area contributed by atoms with Crippen LogP contribution < -0.4 is 10.1 Å². The molecule has 2 N–H and O–H groups in total. The third-order valence-corrected chi connectivity index (χ3v) is 3.69. The molecule has 0 bridgehead atoms. The van der Waals surface area contributed by atoms with Crippen molar-refractivity contribution in [2.45, 2.75) is 32.1 Å². The van der Waals surface area contributed by atoms with Gasteiger partial charge in [0.25, 0.3) is 0 Å². The van der Waals surface area contributed by atoms with E-state index in [1.54, 1.807) is 38.3 Å². The fourth-order valence-electron chi connectivity index (χ4n) is 1.95. The van der Waals surface area contributed by atoms with Crippen LogP contribution in [0.2, 0.25) is 0 Å². The van der Waals surface area contributed by atoms with Crippen LogP contribution in [0.1, 0.15) is 18.9 Å². The minimum Gasteiger partial charge on any atom is -0.427 e. The Morgan fingerprint density at radius 1 is 1.38 bits per heavy atom. The van der Waals surface area contributed by atoms with E-state index in [9.17, 15) is 14.7 Å². The van der Waals surface area contributed by atoms with Crippen molar-refractivity contribution in [3.05, 3.63) is 29.8 Å². The zero-order chi connectivity index (χ0) is 17.8. The molecule has 0 aliphatic heterocycles. The molecular formula is C16H23NO6S. The number of carbonyl (C=O) groups excluding carboxylic acids is 2. The van der Waals surface area contributed by atoms with Crippen molar-refractivity contribution >= 4 is 24.4 Å². The largest absolute Gasteiger partial charge is 0.427 e. The molecule has 0 fully saturated rings. The molecule has 0 aliphatic rings. The quantitative estimate of drug-likeness (QED) is 0.145. The van der Waals surface area contributed by atoms with E-state index in [0.29, 0.717) is 30.9 Å². The van der Waals surface area contributed by atoms with Gasteiger partial charge >= 0.3 is 5.97 Å². The fraction of sp³-hybridized carbons (Fsp3) is 0.500. The second kappa shape index (κ2) is 11.9. The zero-order valence-electron chi connectivity index (χ0n) is 13.8. The average molecular weight is 357 g/mol. The summed E-state index contributed by atoms with van der Waals surface area (Å²) in [5.41, 5.74) is 0.864. The maximum Gasteiger partial charge on any atom is 0.312 e. The molecule has 1 aromatic carbocycles. The Bertz CT molecular complexity index is 496. The third kappa shape index (κ3) is 7.78. The van der Waals surface area contributed by atoms with Gasteiger partial charge < -0.3 is 24.1 Å². The highest BCUT2D eigenvalue weighted by atomic mass is 32.2. The molecule has 1 aromatic rings. The summed E-state index contributed by atoms with van der Waals surface area (Å²) >= 11 is 1.20. The molecule has 0 aliphatic carbocycles. The van der Waals surface area contributed by atoms with E-state index in [0.717, 1.165) is 5.56 Å². The summed E-state index contributed by atoms with van der Waals surface area (Å²) in [5.74, 6) is 0.637. The minimum absolute atomic E-state index is 0.256. The van der Waals surface area contributed by atoms with Gasteiger partial charge in [-0.1, -0.05) is 12.1 Å². The zero-order valence-corrected chi connectivity index (χ0v) is 14.6. The highest BCUT2D eigenvalue weighted by molar-refractivity contribution is 7.94. The van der Waals surface area contributed by atoms with E-state index in [2.05, 4.69) is 5.32 Å². The second-order valence-electron chi connectivity index (χ2n) is 4.80. The van der Waals surface area contributed by atoms with Crippen molar-refractivity contribution in [1.29, 1.82) is 0 Å². The number of esters is 1. The Morgan fingerprint density at radius 2 is 2.08 bits per heavy atom. The number of benzene rings is 1. The van der Waals surface area contributed by atoms with Gasteiger partial charge in [-0.25, -0.2) is 0 Å². The first-order chi connectivity index (χ1) is 11.6. The second-order valence-corrected chi connectivity index (χ2v) is 5.77. The highest BCUT2D eigenvalue weighted by Gasteiger charge is 2.19. The summed E-state index contributed by atoms with van der Waals surface area (Å²) in [4.78, 5) is 22.3. The lowest BCUT2D eigenvalue weighted by Gasteiger charge is -2.22. The standard InChI is InChI=1S/C16H23NO6S/c1-3-22-16(20)14(17-11-18)10-12-4-6-13(7-5-12)23-15(19)8-9-24-21-2/h4-7,11,14,16,20H,3,8-10H2,1-2H3,(H,17,18).